The number of thiophene rings is 1. The van der Waals surface area contributed by atoms with E-state index in [1.165, 1.54) is 12.1 Å². The number of nitrogens with zero attached hydrogens (tertiary/aromatic N) is 1. The molecule has 0 saturated carbocycles. The number of nitrogens with one attached hydrogen (secondary N) is 1. The average Bonchev–Trinajstić information content (AvgIpc) is 3.06. The molecule has 1 N–H and O–H groups in total. The molecule has 0 aliphatic carbocycles. The van der Waals surface area contributed by atoms with Crippen LogP contribution in [0, 0.1) is 10.1 Å². The van der Waals surface area contributed by atoms with Crippen LogP contribution in [0.3, 0.4) is 0 Å². The molecule has 0 fully saturated rings. The topological polar surface area (TPSA) is 98.5 Å². The molecule has 7 nitrogen and oxygen atoms in total. The lowest BCUT2D eigenvalue weighted by Gasteiger charge is -2.06. The second-order valence-electron chi connectivity index (χ2n) is 4.68. The number of ether oxygens (including phenoxy) is 1. The number of carbonyl (C=O) groups is 2. The molecule has 2 aromatic rings. The molecule has 0 atom stereocenters. The zero-order valence-electron chi connectivity index (χ0n) is 12.4. The molecule has 0 saturated heterocycles. The van der Waals surface area contributed by atoms with Crippen LogP contribution >= 0.6 is 27.3 Å². The lowest BCUT2D eigenvalue weighted by molar-refractivity contribution is -0.385. The van der Waals surface area contributed by atoms with Crippen molar-refractivity contribution >= 4 is 44.8 Å². The maximum absolute atomic E-state index is 11.9. The lowest BCUT2D eigenvalue weighted by Crippen LogP contribution is -2.30. The van der Waals surface area contributed by atoms with Crippen LogP contribution in [0.5, 0.6) is 0 Å². The fraction of sp³-hybridized carbons (Fsp3) is 0.200. The summed E-state index contributed by atoms with van der Waals surface area (Å²) in [5.74, 6) is -1.22. The van der Waals surface area contributed by atoms with Crippen molar-refractivity contribution in [1.82, 2.24) is 5.32 Å². The monoisotopic (exact) mass is 412 g/mol. The second kappa shape index (κ2) is 8.55. The van der Waals surface area contributed by atoms with Crippen LogP contribution in [0.4, 0.5) is 5.69 Å². The zero-order valence-corrected chi connectivity index (χ0v) is 14.8. The molecule has 0 aliphatic heterocycles. The van der Waals surface area contributed by atoms with Crippen LogP contribution in [-0.4, -0.2) is 30.0 Å². The molecule has 0 radical (unpaired) electrons. The Labute approximate surface area is 149 Å². The Kier molecular flexibility index (Phi) is 6.44. The van der Waals surface area contributed by atoms with E-state index < -0.39 is 23.4 Å². The van der Waals surface area contributed by atoms with Gasteiger partial charge in [-0.2, -0.15) is 0 Å². The van der Waals surface area contributed by atoms with Gasteiger partial charge in [0.05, 0.1) is 15.0 Å². The molecule has 0 spiro atoms. The molecule has 126 valence electrons. The third-order valence-corrected chi connectivity index (χ3v) is 4.59. The minimum absolute atomic E-state index is 0.0104. The number of hydrogen-bond donors (Lipinski definition) is 1. The van der Waals surface area contributed by atoms with E-state index in [1.54, 1.807) is 11.3 Å². The first-order valence-corrected chi connectivity index (χ1v) is 8.55. The number of amides is 1. The molecule has 0 bridgehead atoms. The van der Waals surface area contributed by atoms with Crippen LogP contribution in [0.15, 0.2) is 40.2 Å². The number of rotatable bonds is 7. The van der Waals surface area contributed by atoms with E-state index in [-0.39, 0.29) is 15.7 Å². The summed E-state index contributed by atoms with van der Waals surface area (Å²) in [6.07, 6.45) is 0.705. The number of hydrogen-bond acceptors (Lipinski definition) is 6. The summed E-state index contributed by atoms with van der Waals surface area (Å²) < 4.78 is 5.13. The Balaban J connectivity index is 1.81. The van der Waals surface area contributed by atoms with Gasteiger partial charge < -0.3 is 10.1 Å². The maximum Gasteiger partial charge on any atom is 0.338 e. The molecule has 0 unspecified atom stereocenters. The highest BCUT2D eigenvalue weighted by Crippen LogP contribution is 2.25. The molecule has 1 amide bonds. The highest BCUT2D eigenvalue weighted by Gasteiger charge is 2.17. The highest BCUT2D eigenvalue weighted by atomic mass is 79.9. The molecule has 2 rings (SSSR count). The van der Waals surface area contributed by atoms with Crippen molar-refractivity contribution in [1.29, 1.82) is 0 Å². The van der Waals surface area contributed by atoms with E-state index in [4.69, 9.17) is 4.74 Å². The quantitative estimate of drug-likeness (QED) is 0.428. The van der Waals surface area contributed by atoms with Crippen molar-refractivity contribution in [3.63, 3.8) is 0 Å². The smallest absolute Gasteiger partial charge is 0.338 e. The molecular formula is C15H13BrN2O5S. The molecular weight excluding hydrogens is 400 g/mol. The summed E-state index contributed by atoms with van der Waals surface area (Å²) in [6, 6.07) is 7.77. The fourth-order valence-corrected chi connectivity index (χ4v) is 2.93. The minimum atomic E-state index is -0.793. The predicted octanol–water partition coefficient (Wildman–Crippen LogP) is 2.93. The van der Waals surface area contributed by atoms with Gasteiger partial charge in [-0.25, -0.2) is 4.79 Å². The van der Waals surface area contributed by atoms with E-state index in [2.05, 4.69) is 21.2 Å². The molecule has 1 heterocycles. The normalized spacial score (nSPS) is 10.2. The molecule has 24 heavy (non-hydrogen) atoms. The van der Waals surface area contributed by atoms with Crippen LogP contribution in [-0.2, 0) is 16.0 Å². The minimum Gasteiger partial charge on any atom is -0.452 e. The first-order chi connectivity index (χ1) is 11.5. The van der Waals surface area contributed by atoms with Crippen LogP contribution < -0.4 is 5.32 Å². The van der Waals surface area contributed by atoms with Gasteiger partial charge in [-0.3, -0.25) is 14.9 Å². The summed E-state index contributed by atoms with van der Waals surface area (Å²) in [6.45, 7) is 0.00773. The summed E-state index contributed by atoms with van der Waals surface area (Å²) in [5, 5.41) is 15.4. The van der Waals surface area contributed by atoms with Gasteiger partial charge >= 0.3 is 5.97 Å². The van der Waals surface area contributed by atoms with E-state index in [0.29, 0.717) is 13.0 Å². The molecule has 1 aromatic heterocycles. The Bertz CT molecular complexity index is 748. The largest absolute Gasteiger partial charge is 0.452 e. The van der Waals surface area contributed by atoms with Crippen molar-refractivity contribution < 1.29 is 19.2 Å². The SMILES string of the molecule is O=C(COC(=O)c1ccc(Br)c([N+](=O)[O-])c1)NCCc1cccs1. The van der Waals surface area contributed by atoms with Crippen molar-refractivity contribution in [3.8, 4) is 0 Å². The number of esters is 1. The standard InChI is InChI=1S/C15H13BrN2O5S/c16-12-4-3-10(8-13(12)18(21)22)15(20)23-9-14(19)17-6-5-11-2-1-7-24-11/h1-4,7-8H,5-6,9H2,(H,17,19). The predicted molar refractivity (Wildman–Crippen MR) is 92.1 cm³/mol. The van der Waals surface area contributed by atoms with Crippen LogP contribution in [0.1, 0.15) is 15.2 Å². The van der Waals surface area contributed by atoms with Crippen LogP contribution in [0.25, 0.3) is 0 Å². The number of carbonyl (C=O) groups excluding carboxylic acids is 2. The number of benzene rings is 1. The van der Waals surface area contributed by atoms with Crippen molar-refractivity contribution in [2.24, 2.45) is 0 Å². The van der Waals surface area contributed by atoms with Gasteiger partial charge in [-0.1, -0.05) is 6.07 Å². The second-order valence-corrected chi connectivity index (χ2v) is 6.57. The number of nitro benzene ring substituents is 1. The van der Waals surface area contributed by atoms with Gasteiger partial charge in [0.15, 0.2) is 6.61 Å². The van der Waals surface area contributed by atoms with Crippen molar-refractivity contribution in [2.75, 3.05) is 13.2 Å². The number of halogens is 1. The first-order valence-electron chi connectivity index (χ1n) is 6.87. The molecule has 1 aromatic carbocycles. The Morgan fingerprint density at radius 2 is 2.12 bits per heavy atom. The third kappa shape index (κ3) is 5.14. The van der Waals surface area contributed by atoms with Crippen molar-refractivity contribution in [3.05, 3.63) is 60.7 Å². The first kappa shape index (κ1) is 18.1. The van der Waals surface area contributed by atoms with E-state index in [0.717, 1.165) is 10.9 Å². The van der Waals surface area contributed by atoms with E-state index in [9.17, 15) is 19.7 Å². The van der Waals surface area contributed by atoms with Crippen LogP contribution in [0.2, 0.25) is 0 Å². The van der Waals surface area contributed by atoms with Gasteiger partial charge in [-0.15, -0.1) is 11.3 Å². The third-order valence-electron chi connectivity index (χ3n) is 2.99. The summed E-state index contributed by atoms with van der Waals surface area (Å²) in [5.41, 5.74) is -0.235. The van der Waals surface area contributed by atoms with Gasteiger partial charge in [-0.05, 0) is 45.9 Å². The average molecular weight is 413 g/mol. The molecule has 9 heteroatoms. The summed E-state index contributed by atoms with van der Waals surface area (Å²) >= 11 is 4.63. The summed E-state index contributed by atoms with van der Waals surface area (Å²) in [7, 11) is 0. The van der Waals surface area contributed by atoms with Gasteiger partial charge in [0.1, 0.15) is 0 Å². The lowest BCUT2D eigenvalue weighted by atomic mass is 10.2. The van der Waals surface area contributed by atoms with Crippen molar-refractivity contribution in [2.45, 2.75) is 6.42 Å². The Hall–Kier alpha value is -2.26. The van der Waals surface area contributed by atoms with Gasteiger partial charge in [0.25, 0.3) is 11.6 Å². The zero-order chi connectivity index (χ0) is 17.5. The maximum atomic E-state index is 11.9. The fourth-order valence-electron chi connectivity index (χ4n) is 1.82. The van der Waals surface area contributed by atoms with Gasteiger partial charge in [0.2, 0.25) is 0 Å². The highest BCUT2D eigenvalue weighted by molar-refractivity contribution is 9.10. The Morgan fingerprint density at radius 3 is 2.79 bits per heavy atom. The van der Waals surface area contributed by atoms with Gasteiger partial charge in [0, 0.05) is 17.5 Å². The number of nitro groups is 1. The van der Waals surface area contributed by atoms with E-state index in [1.807, 2.05) is 17.5 Å². The Morgan fingerprint density at radius 1 is 1.33 bits per heavy atom. The summed E-state index contributed by atoms with van der Waals surface area (Å²) in [4.78, 5) is 34.9. The molecule has 0 aliphatic rings. The van der Waals surface area contributed by atoms with E-state index >= 15 is 0 Å².